The second-order valence-corrected chi connectivity index (χ2v) is 8.32. The monoisotopic (exact) mass is 351 g/mol. The Kier molecular flexibility index (Phi) is 4.24. The molecular formula is C22H29N3O. The number of fused-ring (bicyclic) bond motifs is 3. The number of aromatic amines is 1. The molecule has 26 heavy (non-hydrogen) atoms. The van der Waals surface area contributed by atoms with Crippen molar-refractivity contribution in [3.63, 3.8) is 0 Å². The van der Waals surface area contributed by atoms with Gasteiger partial charge in [0.1, 0.15) is 0 Å². The SMILES string of the molecule is O=C(c1ccc2[nH]c3c(c2c1)CCCC3)N1CCN(C2CCCC2)CC1. The molecule has 1 saturated carbocycles. The van der Waals surface area contributed by atoms with Crippen molar-refractivity contribution in [3.05, 3.63) is 35.0 Å². The predicted molar refractivity (Wildman–Crippen MR) is 105 cm³/mol. The second-order valence-electron chi connectivity index (χ2n) is 8.32. The highest BCUT2D eigenvalue weighted by molar-refractivity contribution is 5.99. The summed E-state index contributed by atoms with van der Waals surface area (Å²) in [6, 6.07) is 7.03. The van der Waals surface area contributed by atoms with Gasteiger partial charge in [0.2, 0.25) is 0 Å². The second kappa shape index (κ2) is 6.73. The average molecular weight is 351 g/mol. The zero-order chi connectivity index (χ0) is 17.5. The van der Waals surface area contributed by atoms with Gasteiger partial charge in [-0.05, 0) is 62.3 Å². The van der Waals surface area contributed by atoms with E-state index in [1.54, 1.807) is 0 Å². The molecule has 2 aliphatic carbocycles. The van der Waals surface area contributed by atoms with E-state index in [1.165, 1.54) is 60.7 Å². The number of carbonyl (C=O) groups is 1. The molecule has 1 aliphatic heterocycles. The summed E-state index contributed by atoms with van der Waals surface area (Å²) in [4.78, 5) is 21.3. The maximum atomic E-state index is 13.1. The first-order chi connectivity index (χ1) is 12.8. The number of piperazine rings is 1. The maximum Gasteiger partial charge on any atom is 0.253 e. The van der Waals surface area contributed by atoms with Crippen molar-refractivity contribution in [2.24, 2.45) is 0 Å². The van der Waals surface area contributed by atoms with Crippen molar-refractivity contribution < 1.29 is 4.79 Å². The largest absolute Gasteiger partial charge is 0.358 e. The third kappa shape index (κ3) is 2.84. The normalized spacial score (nSPS) is 22.1. The topological polar surface area (TPSA) is 39.3 Å². The van der Waals surface area contributed by atoms with E-state index in [9.17, 15) is 4.79 Å². The summed E-state index contributed by atoms with van der Waals surface area (Å²) in [6.45, 7) is 3.83. The van der Waals surface area contributed by atoms with Gasteiger partial charge >= 0.3 is 0 Å². The van der Waals surface area contributed by atoms with Crippen molar-refractivity contribution in [2.45, 2.75) is 57.4 Å². The lowest BCUT2D eigenvalue weighted by molar-refractivity contribution is 0.0573. The quantitative estimate of drug-likeness (QED) is 0.895. The van der Waals surface area contributed by atoms with Gasteiger partial charge < -0.3 is 9.88 Å². The van der Waals surface area contributed by atoms with Gasteiger partial charge in [0.15, 0.2) is 0 Å². The summed E-state index contributed by atoms with van der Waals surface area (Å²) in [6.07, 6.45) is 10.3. The number of amides is 1. The molecule has 138 valence electrons. The number of hydrogen-bond donors (Lipinski definition) is 1. The van der Waals surface area contributed by atoms with Gasteiger partial charge in [-0.2, -0.15) is 0 Å². The molecule has 1 N–H and O–H groups in total. The van der Waals surface area contributed by atoms with E-state index in [-0.39, 0.29) is 5.91 Å². The van der Waals surface area contributed by atoms with Crippen molar-refractivity contribution in [3.8, 4) is 0 Å². The van der Waals surface area contributed by atoms with Crippen LogP contribution in [0.25, 0.3) is 10.9 Å². The molecule has 1 saturated heterocycles. The number of nitrogens with one attached hydrogen (secondary N) is 1. The van der Waals surface area contributed by atoms with E-state index in [0.717, 1.165) is 50.6 Å². The molecule has 4 heteroatoms. The summed E-state index contributed by atoms with van der Waals surface area (Å²) in [7, 11) is 0. The van der Waals surface area contributed by atoms with E-state index >= 15 is 0 Å². The lowest BCUT2D eigenvalue weighted by atomic mass is 9.95. The number of rotatable bonds is 2. The molecule has 0 bridgehead atoms. The first-order valence-corrected chi connectivity index (χ1v) is 10.5. The van der Waals surface area contributed by atoms with Gasteiger partial charge in [-0.1, -0.05) is 12.8 Å². The summed E-state index contributed by atoms with van der Waals surface area (Å²) in [5.41, 5.74) is 4.90. The molecule has 1 aromatic carbocycles. The Hall–Kier alpha value is -1.81. The minimum atomic E-state index is 0.212. The fourth-order valence-corrected chi connectivity index (χ4v) is 5.28. The highest BCUT2D eigenvalue weighted by Crippen LogP contribution is 2.30. The molecule has 2 fully saturated rings. The van der Waals surface area contributed by atoms with E-state index in [4.69, 9.17) is 0 Å². The number of H-pyrrole nitrogens is 1. The van der Waals surface area contributed by atoms with Gasteiger partial charge in [0.05, 0.1) is 0 Å². The Morgan fingerprint density at radius 2 is 1.73 bits per heavy atom. The van der Waals surface area contributed by atoms with Crippen LogP contribution in [0.4, 0.5) is 0 Å². The van der Waals surface area contributed by atoms with Crippen LogP contribution in [0.3, 0.4) is 0 Å². The van der Waals surface area contributed by atoms with Crippen LogP contribution in [0.1, 0.15) is 60.1 Å². The molecular weight excluding hydrogens is 322 g/mol. The summed E-state index contributed by atoms with van der Waals surface area (Å²) >= 11 is 0. The first-order valence-electron chi connectivity index (χ1n) is 10.5. The van der Waals surface area contributed by atoms with Crippen molar-refractivity contribution in [1.29, 1.82) is 0 Å². The van der Waals surface area contributed by atoms with E-state index in [1.807, 2.05) is 6.07 Å². The number of carbonyl (C=O) groups excluding carboxylic acids is 1. The van der Waals surface area contributed by atoms with Crippen LogP contribution in [-0.2, 0) is 12.8 Å². The number of aromatic nitrogens is 1. The molecule has 1 amide bonds. The Morgan fingerprint density at radius 3 is 2.54 bits per heavy atom. The van der Waals surface area contributed by atoms with Crippen LogP contribution in [-0.4, -0.2) is 52.9 Å². The number of benzene rings is 1. The molecule has 4 nitrogen and oxygen atoms in total. The lowest BCUT2D eigenvalue weighted by Gasteiger charge is -2.38. The van der Waals surface area contributed by atoms with Crippen LogP contribution < -0.4 is 0 Å². The summed E-state index contributed by atoms with van der Waals surface area (Å²) < 4.78 is 0. The number of nitrogens with zero attached hydrogens (tertiary/aromatic N) is 2. The third-order valence-corrected chi connectivity index (χ3v) is 6.79. The third-order valence-electron chi connectivity index (χ3n) is 6.79. The van der Waals surface area contributed by atoms with Crippen LogP contribution in [0.15, 0.2) is 18.2 Å². The van der Waals surface area contributed by atoms with E-state index in [0.29, 0.717) is 0 Å². The maximum absolute atomic E-state index is 13.1. The van der Waals surface area contributed by atoms with Crippen LogP contribution >= 0.6 is 0 Å². The molecule has 1 aromatic heterocycles. The minimum Gasteiger partial charge on any atom is -0.358 e. The Labute approximate surface area is 155 Å². The standard InChI is InChI=1S/C22H29N3O/c26-22(25-13-11-24(12-14-25)17-5-1-2-6-17)16-9-10-21-19(15-16)18-7-3-4-8-20(18)23-21/h9-10,15,17,23H,1-8,11-14H2. The first kappa shape index (κ1) is 16.4. The highest BCUT2D eigenvalue weighted by Gasteiger charge is 2.28. The molecule has 5 rings (SSSR count). The molecule has 0 spiro atoms. The zero-order valence-electron chi connectivity index (χ0n) is 15.6. The predicted octanol–water partition coefficient (Wildman–Crippen LogP) is 3.75. The van der Waals surface area contributed by atoms with Crippen LogP contribution in [0.5, 0.6) is 0 Å². The van der Waals surface area contributed by atoms with Crippen LogP contribution in [0, 0.1) is 0 Å². The molecule has 0 atom stereocenters. The van der Waals surface area contributed by atoms with Gasteiger partial charge in [0, 0.05) is 54.4 Å². The molecule has 0 radical (unpaired) electrons. The Bertz CT molecular complexity index is 810. The van der Waals surface area contributed by atoms with Crippen LogP contribution in [0.2, 0.25) is 0 Å². The molecule has 0 unspecified atom stereocenters. The van der Waals surface area contributed by atoms with Gasteiger partial charge in [-0.3, -0.25) is 9.69 Å². The van der Waals surface area contributed by atoms with Crippen molar-refractivity contribution >= 4 is 16.8 Å². The van der Waals surface area contributed by atoms with Gasteiger partial charge in [0.25, 0.3) is 5.91 Å². The smallest absolute Gasteiger partial charge is 0.253 e. The minimum absolute atomic E-state index is 0.212. The van der Waals surface area contributed by atoms with Crippen molar-refractivity contribution in [2.75, 3.05) is 26.2 Å². The molecule has 3 aliphatic rings. The Balaban J connectivity index is 1.32. The number of hydrogen-bond acceptors (Lipinski definition) is 2. The van der Waals surface area contributed by atoms with E-state index in [2.05, 4.69) is 26.9 Å². The Morgan fingerprint density at radius 1 is 0.962 bits per heavy atom. The van der Waals surface area contributed by atoms with Gasteiger partial charge in [-0.25, -0.2) is 0 Å². The lowest BCUT2D eigenvalue weighted by Crippen LogP contribution is -2.51. The molecule has 2 heterocycles. The van der Waals surface area contributed by atoms with Gasteiger partial charge in [-0.15, -0.1) is 0 Å². The fraction of sp³-hybridized carbons (Fsp3) is 0.591. The summed E-state index contributed by atoms with van der Waals surface area (Å²) in [5.74, 6) is 0.212. The number of aryl methyl sites for hydroxylation is 2. The van der Waals surface area contributed by atoms with E-state index < -0.39 is 0 Å². The average Bonchev–Trinajstić information content (AvgIpc) is 3.35. The highest BCUT2D eigenvalue weighted by atomic mass is 16.2. The van der Waals surface area contributed by atoms with Crippen molar-refractivity contribution in [1.82, 2.24) is 14.8 Å². The zero-order valence-corrected chi connectivity index (χ0v) is 15.6. The fourth-order valence-electron chi connectivity index (χ4n) is 5.28. The molecule has 2 aromatic rings. The summed E-state index contributed by atoms with van der Waals surface area (Å²) in [5, 5.41) is 1.27.